The summed E-state index contributed by atoms with van der Waals surface area (Å²) in [5.74, 6) is 0. The number of aliphatic hydroxyl groups is 3. The molecule has 0 saturated carbocycles. The quantitative estimate of drug-likeness (QED) is 0.514. The van der Waals surface area contributed by atoms with E-state index in [-0.39, 0.29) is 28.4 Å². The van der Waals surface area contributed by atoms with Gasteiger partial charge in [0.25, 0.3) is 0 Å². The molecular formula is C15H38NO3Ta-. The van der Waals surface area contributed by atoms with Crippen molar-refractivity contribution in [2.75, 3.05) is 0 Å². The predicted molar refractivity (Wildman–Crippen MR) is 85.4 cm³/mol. The molecule has 0 amide bonds. The zero-order valence-corrected chi connectivity index (χ0v) is 18.6. The third-order valence-electron chi connectivity index (χ3n) is 0. The molecule has 0 aromatic rings. The molecule has 0 aliphatic rings. The van der Waals surface area contributed by atoms with Crippen LogP contribution in [0.1, 0.15) is 76.2 Å². The Balaban J connectivity index is -0.0000000494. The second-order valence-electron chi connectivity index (χ2n) is 7.67. The molecule has 4 N–H and O–H groups in total. The van der Waals surface area contributed by atoms with Gasteiger partial charge in [-0.05, 0) is 62.3 Å². The van der Waals surface area contributed by atoms with Crippen LogP contribution in [0.4, 0.5) is 0 Å². The van der Waals surface area contributed by atoms with Crippen molar-refractivity contribution in [2.24, 2.45) is 0 Å². The van der Waals surface area contributed by atoms with Crippen LogP contribution in [0.15, 0.2) is 0 Å². The van der Waals surface area contributed by atoms with E-state index in [0.717, 1.165) is 0 Å². The van der Waals surface area contributed by atoms with Crippen molar-refractivity contribution >= 4 is 0 Å². The second-order valence-corrected chi connectivity index (χ2v) is 7.67. The summed E-state index contributed by atoms with van der Waals surface area (Å²) < 4.78 is 0. The Morgan fingerprint density at radius 1 is 0.600 bits per heavy atom. The first-order valence-corrected chi connectivity index (χ1v) is 6.61. The average molecular weight is 461 g/mol. The summed E-state index contributed by atoms with van der Waals surface area (Å²) in [7, 11) is 0. The third kappa shape index (κ3) is 17100. The number of nitrogens with one attached hydrogen (secondary N) is 1. The van der Waals surface area contributed by atoms with E-state index in [0.29, 0.717) is 0 Å². The van der Waals surface area contributed by atoms with E-state index >= 15 is 0 Å². The SMILES string of the molecule is CC(C)(C)O.CC(C)(C)O.CC(C)(C)O.CC(C)[NH-].[Ta]. The van der Waals surface area contributed by atoms with Gasteiger partial charge in [-0.3, -0.25) is 0 Å². The molecule has 0 aromatic heterocycles. The van der Waals surface area contributed by atoms with E-state index in [1.807, 2.05) is 13.8 Å². The molecule has 20 heavy (non-hydrogen) atoms. The fourth-order valence-corrected chi connectivity index (χ4v) is 0. The van der Waals surface area contributed by atoms with Crippen LogP contribution < -0.4 is 0 Å². The minimum absolute atomic E-state index is 0. The molecule has 0 aliphatic carbocycles. The van der Waals surface area contributed by atoms with Crippen LogP contribution in [-0.4, -0.2) is 38.2 Å². The second kappa shape index (κ2) is 14.5. The first-order valence-electron chi connectivity index (χ1n) is 6.61. The Bertz CT molecular complexity index is 128. The molecule has 0 saturated heterocycles. The molecule has 0 bridgehead atoms. The van der Waals surface area contributed by atoms with Crippen molar-refractivity contribution in [1.29, 1.82) is 0 Å². The van der Waals surface area contributed by atoms with Gasteiger partial charge in [-0.25, -0.2) is 0 Å². The van der Waals surface area contributed by atoms with Crippen LogP contribution in [0, 0.1) is 0 Å². The molecule has 0 rings (SSSR count). The Kier molecular flexibility index (Phi) is 23.6. The standard InChI is InChI=1S/3C4H10O.C3H8N.Ta/c3*1-4(2,3)5;1-3(2)4;/h3*5H,1-3H3;3-4H,1-2H3;/q;;;-1;. The fourth-order valence-electron chi connectivity index (χ4n) is 0. The van der Waals surface area contributed by atoms with Crippen LogP contribution >= 0.6 is 0 Å². The van der Waals surface area contributed by atoms with Crippen molar-refractivity contribution in [3.05, 3.63) is 5.73 Å². The molecule has 5 heteroatoms. The van der Waals surface area contributed by atoms with E-state index in [9.17, 15) is 0 Å². The Hall–Kier alpha value is 0.580. The van der Waals surface area contributed by atoms with Gasteiger partial charge in [0.05, 0.1) is 16.8 Å². The molecular weight excluding hydrogens is 423 g/mol. The largest absolute Gasteiger partial charge is 0.675 e. The summed E-state index contributed by atoms with van der Waals surface area (Å²) in [5.41, 5.74) is 5.08. The first kappa shape index (κ1) is 32.5. The summed E-state index contributed by atoms with van der Waals surface area (Å²) in [5, 5.41) is 25.6. The molecule has 0 atom stereocenters. The summed E-state index contributed by atoms with van der Waals surface area (Å²) in [6.07, 6.45) is 0. The average Bonchev–Trinajstić information content (AvgIpc) is 1.66. The predicted octanol–water partition coefficient (Wildman–Crippen LogP) is 3.78. The van der Waals surface area contributed by atoms with E-state index in [4.69, 9.17) is 21.1 Å². The molecule has 4 nitrogen and oxygen atoms in total. The summed E-state index contributed by atoms with van der Waals surface area (Å²) in [4.78, 5) is 0. The van der Waals surface area contributed by atoms with Gasteiger partial charge in [0.1, 0.15) is 0 Å². The molecule has 0 spiro atoms. The first-order chi connectivity index (χ1) is 7.73. The minimum atomic E-state index is -0.500. The molecule has 1 radical (unpaired) electrons. The van der Waals surface area contributed by atoms with Gasteiger partial charge in [0.15, 0.2) is 0 Å². The van der Waals surface area contributed by atoms with Crippen molar-refractivity contribution in [1.82, 2.24) is 0 Å². The van der Waals surface area contributed by atoms with Gasteiger partial charge in [-0.1, -0.05) is 13.8 Å². The van der Waals surface area contributed by atoms with E-state index < -0.39 is 16.8 Å². The van der Waals surface area contributed by atoms with Crippen LogP contribution in [0.5, 0.6) is 0 Å². The maximum absolute atomic E-state index is 8.52. The van der Waals surface area contributed by atoms with Gasteiger partial charge < -0.3 is 21.1 Å². The van der Waals surface area contributed by atoms with Crippen LogP contribution in [0.3, 0.4) is 0 Å². The van der Waals surface area contributed by atoms with E-state index in [1.165, 1.54) is 0 Å². The number of hydrogen-bond donors (Lipinski definition) is 3. The summed E-state index contributed by atoms with van der Waals surface area (Å²) in [6, 6.07) is 0.0833. The molecule has 0 fully saturated rings. The van der Waals surface area contributed by atoms with Crippen LogP contribution in [-0.2, 0) is 22.4 Å². The zero-order valence-electron chi connectivity index (χ0n) is 15.4. The van der Waals surface area contributed by atoms with Gasteiger partial charge in [0, 0.05) is 22.4 Å². The fraction of sp³-hybridized carbons (Fsp3) is 1.00. The third-order valence-corrected chi connectivity index (χ3v) is 0. The monoisotopic (exact) mass is 461 g/mol. The summed E-state index contributed by atoms with van der Waals surface area (Å²) in [6.45, 7) is 19.4. The van der Waals surface area contributed by atoms with E-state index in [1.54, 1.807) is 62.3 Å². The van der Waals surface area contributed by atoms with Gasteiger partial charge in [-0.2, -0.15) is 0 Å². The zero-order chi connectivity index (χ0) is 17.1. The number of rotatable bonds is 0. The van der Waals surface area contributed by atoms with E-state index in [2.05, 4.69) is 0 Å². The minimum Gasteiger partial charge on any atom is -0.675 e. The van der Waals surface area contributed by atoms with Gasteiger partial charge in [-0.15, -0.1) is 6.04 Å². The van der Waals surface area contributed by atoms with Gasteiger partial charge >= 0.3 is 0 Å². The Labute approximate surface area is 142 Å². The van der Waals surface area contributed by atoms with Crippen molar-refractivity contribution < 1.29 is 37.7 Å². The summed E-state index contributed by atoms with van der Waals surface area (Å²) >= 11 is 0. The Morgan fingerprint density at radius 3 is 0.600 bits per heavy atom. The van der Waals surface area contributed by atoms with Crippen LogP contribution in [0.2, 0.25) is 0 Å². The smallest absolute Gasteiger partial charge is 0.0563 e. The number of hydrogen-bond acceptors (Lipinski definition) is 3. The normalized spacial score (nSPS) is 10.8. The molecule has 0 aliphatic heterocycles. The maximum Gasteiger partial charge on any atom is 0.0563 e. The molecule has 0 aromatic carbocycles. The molecule has 127 valence electrons. The van der Waals surface area contributed by atoms with Crippen molar-refractivity contribution in [2.45, 2.75) is 99.0 Å². The van der Waals surface area contributed by atoms with Gasteiger partial charge in [0.2, 0.25) is 0 Å². The topological polar surface area (TPSA) is 84.5 Å². The molecule has 0 heterocycles. The van der Waals surface area contributed by atoms with Crippen LogP contribution in [0.25, 0.3) is 5.73 Å². The van der Waals surface area contributed by atoms with Crippen molar-refractivity contribution in [3.63, 3.8) is 0 Å². The Morgan fingerprint density at radius 2 is 0.600 bits per heavy atom. The molecule has 0 unspecified atom stereocenters. The van der Waals surface area contributed by atoms with Crippen molar-refractivity contribution in [3.8, 4) is 0 Å². The maximum atomic E-state index is 8.52.